The van der Waals surface area contributed by atoms with E-state index in [4.69, 9.17) is 0 Å². The van der Waals surface area contributed by atoms with Gasteiger partial charge in [0.1, 0.15) is 12.1 Å². The van der Waals surface area contributed by atoms with Crippen LogP contribution in [0.25, 0.3) is 16.6 Å². The number of benzene rings is 2. The zero-order valence-corrected chi connectivity index (χ0v) is 20.4. The lowest BCUT2D eigenvalue weighted by Gasteiger charge is -2.34. The molecule has 0 radical (unpaired) electrons. The van der Waals surface area contributed by atoms with Gasteiger partial charge in [-0.2, -0.15) is 18.3 Å². The summed E-state index contributed by atoms with van der Waals surface area (Å²) in [7, 11) is 0. The fourth-order valence-electron chi connectivity index (χ4n) is 5.44. The van der Waals surface area contributed by atoms with Crippen LogP contribution in [0.5, 0.6) is 0 Å². The molecule has 2 aliphatic heterocycles. The lowest BCUT2D eigenvalue weighted by atomic mass is 10.0. The molecule has 0 unspecified atom stereocenters. The summed E-state index contributed by atoms with van der Waals surface area (Å²) in [4.78, 5) is 43.7. The van der Waals surface area contributed by atoms with Crippen LogP contribution in [0.4, 0.5) is 13.2 Å². The number of alkyl halides is 3. The van der Waals surface area contributed by atoms with E-state index in [0.29, 0.717) is 4.68 Å². The Balaban J connectivity index is 1.19. The number of halogens is 3. The highest BCUT2D eigenvalue weighted by atomic mass is 19.4. The van der Waals surface area contributed by atoms with Crippen molar-refractivity contribution in [3.05, 3.63) is 83.8 Å². The number of hydrogen-bond donors (Lipinski definition) is 3. The van der Waals surface area contributed by atoms with Gasteiger partial charge in [-0.05, 0) is 30.2 Å². The first-order valence-corrected chi connectivity index (χ1v) is 12.4. The van der Waals surface area contributed by atoms with E-state index in [1.54, 1.807) is 24.4 Å². The number of fused-ring (bicyclic) bond motifs is 2. The largest absolute Gasteiger partial charge is 0.434 e. The van der Waals surface area contributed by atoms with E-state index >= 15 is 0 Å². The Morgan fingerprint density at radius 1 is 1.08 bits per heavy atom. The monoisotopic (exact) mass is 536 g/mol. The van der Waals surface area contributed by atoms with Crippen LogP contribution in [0.3, 0.4) is 0 Å². The molecule has 200 valence electrons. The summed E-state index contributed by atoms with van der Waals surface area (Å²) < 4.78 is 42.7. The summed E-state index contributed by atoms with van der Waals surface area (Å²) in [6.45, 7) is 0.0151. The third kappa shape index (κ3) is 4.41. The minimum absolute atomic E-state index is 0.0151. The minimum Gasteiger partial charge on any atom is -0.361 e. The molecule has 3 N–H and O–H groups in total. The summed E-state index contributed by atoms with van der Waals surface area (Å²) in [5.74, 6) is -1.63. The molecule has 3 amide bonds. The van der Waals surface area contributed by atoms with Crippen LogP contribution >= 0.6 is 0 Å². The predicted octanol–water partition coefficient (Wildman–Crippen LogP) is 2.81. The predicted molar refractivity (Wildman–Crippen MR) is 134 cm³/mol. The molecule has 4 heterocycles. The van der Waals surface area contributed by atoms with Crippen molar-refractivity contribution in [2.75, 3.05) is 6.54 Å². The van der Waals surface area contributed by atoms with Gasteiger partial charge in [0.05, 0.1) is 17.4 Å². The SMILES string of the molecule is O=C(N[C@H]1C[C@H]2C(=O)N[C@@H](Cc3c[nH]c4ccccc34)C(=O)N2C1)c1cnn(-c2ccccc2)c1C(F)(F)F. The first-order chi connectivity index (χ1) is 18.7. The maximum Gasteiger partial charge on any atom is 0.434 e. The van der Waals surface area contributed by atoms with Crippen molar-refractivity contribution in [2.24, 2.45) is 0 Å². The molecule has 0 spiro atoms. The molecular formula is C27H23F3N6O3. The molecule has 2 saturated heterocycles. The maximum atomic E-state index is 14.0. The van der Waals surface area contributed by atoms with Crippen LogP contribution in [0.15, 0.2) is 67.0 Å². The van der Waals surface area contributed by atoms with Crippen LogP contribution in [-0.4, -0.2) is 62.1 Å². The van der Waals surface area contributed by atoms with Gasteiger partial charge < -0.3 is 20.5 Å². The number of aromatic amines is 1. The zero-order chi connectivity index (χ0) is 27.3. The van der Waals surface area contributed by atoms with E-state index in [9.17, 15) is 27.6 Å². The fraction of sp³-hybridized carbons (Fsp3) is 0.259. The summed E-state index contributed by atoms with van der Waals surface area (Å²) >= 11 is 0. The van der Waals surface area contributed by atoms with Crippen molar-refractivity contribution in [1.29, 1.82) is 0 Å². The first-order valence-electron chi connectivity index (χ1n) is 12.4. The van der Waals surface area contributed by atoms with Gasteiger partial charge in [0.25, 0.3) is 5.91 Å². The Morgan fingerprint density at radius 3 is 2.59 bits per heavy atom. The standard InChI is InChI=1S/C27H23F3N6O3/c28-27(29,30)23-19(13-32-36(23)17-6-2-1-3-7-17)24(37)33-16-11-22-25(38)34-21(26(39)35(22)14-16)10-15-12-31-20-9-5-4-8-18(15)20/h1-9,12-13,16,21-22,31H,10-11,14H2,(H,33,37)(H,34,38)/t16-,21-,22-/m0/s1. The Hall–Kier alpha value is -4.61. The van der Waals surface area contributed by atoms with Crippen molar-refractivity contribution in [2.45, 2.75) is 37.1 Å². The average Bonchev–Trinajstić information content (AvgIpc) is 3.65. The number of piperazine rings is 1. The molecule has 6 rings (SSSR count). The van der Waals surface area contributed by atoms with Crippen LogP contribution in [0.2, 0.25) is 0 Å². The zero-order valence-electron chi connectivity index (χ0n) is 20.4. The lowest BCUT2D eigenvalue weighted by molar-refractivity contribution is -0.146. The van der Waals surface area contributed by atoms with Gasteiger partial charge in [0.2, 0.25) is 11.8 Å². The molecule has 39 heavy (non-hydrogen) atoms. The third-order valence-corrected chi connectivity index (χ3v) is 7.22. The number of H-pyrrole nitrogens is 1. The number of para-hydroxylation sites is 2. The highest BCUT2D eigenvalue weighted by molar-refractivity contribution is 5.99. The van der Waals surface area contributed by atoms with E-state index in [0.717, 1.165) is 22.7 Å². The van der Waals surface area contributed by atoms with Gasteiger partial charge in [-0.15, -0.1) is 0 Å². The molecule has 0 saturated carbocycles. The van der Waals surface area contributed by atoms with Gasteiger partial charge >= 0.3 is 6.18 Å². The lowest BCUT2D eigenvalue weighted by Crippen LogP contribution is -2.61. The molecule has 2 aliphatic rings. The van der Waals surface area contributed by atoms with Gasteiger partial charge in [-0.25, -0.2) is 4.68 Å². The van der Waals surface area contributed by atoms with Gasteiger partial charge in [-0.3, -0.25) is 14.4 Å². The second kappa shape index (κ2) is 9.29. The van der Waals surface area contributed by atoms with Crippen LogP contribution < -0.4 is 10.6 Å². The topological polar surface area (TPSA) is 112 Å². The number of carbonyl (C=O) groups is 3. The number of nitrogens with zero attached hydrogens (tertiary/aromatic N) is 3. The van der Waals surface area contributed by atoms with Crippen LogP contribution in [-0.2, 0) is 22.2 Å². The van der Waals surface area contributed by atoms with Gasteiger partial charge in [0, 0.05) is 36.1 Å². The van der Waals surface area contributed by atoms with E-state index in [1.165, 1.54) is 17.0 Å². The normalized spacial score (nSPS) is 21.2. The molecular weight excluding hydrogens is 513 g/mol. The summed E-state index contributed by atoms with van der Waals surface area (Å²) in [5.41, 5.74) is 0.115. The summed E-state index contributed by atoms with van der Waals surface area (Å²) in [6, 6.07) is 13.0. The number of carbonyl (C=O) groups excluding carboxylic acids is 3. The van der Waals surface area contributed by atoms with Crippen molar-refractivity contribution < 1.29 is 27.6 Å². The molecule has 0 aliphatic carbocycles. The summed E-state index contributed by atoms with van der Waals surface area (Å²) in [6.07, 6.45) is -1.79. The Kier molecular flexibility index (Phi) is 5.89. The van der Waals surface area contributed by atoms with E-state index in [-0.39, 0.29) is 36.9 Å². The van der Waals surface area contributed by atoms with E-state index in [1.807, 2.05) is 24.3 Å². The van der Waals surface area contributed by atoms with Crippen molar-refractivity contribution in [3.63, 3.8) is 0 Å². The number of amides is 3. The minimum atomic E-state index is -4.85. The Morgan fingerprint density at radius 2 is 1.82 bits per heavy atom. The highest BCUT2D eigenvalue weighted by Gasteiger charge is 2.47. The molecule has 9 nitrogen and oxygen atoms in total. The van der Waals surface area contributed by atoms with E-state index in [2.05, 4.69) is 20.7 Å². The summed E-state index contributed by atoms with van der Waals surface area (Å²) in [5, 5.41) is 10.1. The van der Waals surface area contributed by atoms with Crippen LogP contribution in [0.1, 0.15) is 28.0 Å². The third-order valence-electron chi connectivity index (χ3n) is 7.22. The van der Waals surface area contributed by atoms with E-state index < -0.39 is 41.5 Å². The number of rotatable bonds is 5. The molecule has 0 bridgehead atoms. The van der Waals surface area contributed by atoms with Crippen LogP contribution in [0, 0.1) is 0 Å². The maximum absolute atomic E-state index is 14.0. The fourth-order valence-corrected chi connectivity index (χ4v) is 5.44. The second-order valence-electron chi connectivity index (χ2n) is 9.69. The second-order valence-corrected chi connectivity index (χ2v) is 9.69. The number of hydrogen-bond acceptors (Lipinski definition) is 4. The average molecular weight is 537 g/mol. The van der Waals surface area contributed by atoms with Crippen molar-refractivity contribution >= 4 is 28.6 Å². The number of aromatic nitrogens is 3. The first kappa shape index (κ1) is 24.7. The van der Waals surface area contributed by atoms with Crippen molar-refractivity contribution in [3.8, 4) is 5.69 Å². The molecule has 2 aromatic carbocycles. The quantitative estimate of drug-likeness (QED) is 0.364. The Labute approximate surface area is 220 Å². The number of nitrogens with one attached hydrogen (secondary N) is 3. The van der Waals surface area contributed by atoms with Crippen molar-refractivity contribution in [1.82, 2.24) is 30.3 Å². The van der Waals surface area contributed by atoms with Gasteiger partial charge in [0.15, 0.2) is 5.69 Å². The highest BCUT2D eigenvalue weighted by Crippen LogP contribution is 2.34. The molecule has 3 atom stereocenters. The molecule has 2 fully saturated rings. The molecule has 12 heteroatoms. The molecule has 2 aromatic heterocycles. The van der Waals surface area contributed by atoms with Gasteiger partial charge in [-0.1, -0.05) is 36.4 Å². The Bertz CT molecular complexity index is 1580. The smallest absolute Gasteiger partial charge is 0.361 e. The molecule has 4 aromatic rings.